The number of nitrogens with zero attached hydrogens (tertiary/aromatic N) is 1. The average molecular weight is 406 g/mol. The molecule has 0 atom stereocenters. The minimum absolute atomic E-state index is 0.0979. The zero-order chi connectivity index (χ0) is 20.3. The third kappa shape index (κ3) is 4.34. The average Bonchev–Trinajstić information content (AvgIpc) is 2.68. The third-order valence-electron chi connectivity index (χ3n) is 4.85. The van der Waals surface area contributed by atoms with Crippen LogP contribution in [0.2, 0.25) is 0 Å². The van der Waals surface area contributed by atoms with Crippen LogP contribution in [-0.2, 0) is 14.8 Å². The van der Waals surface area contributed by atoms with Crippen molar-refractivity contribution < 1.29 is 22.3 Å². The number of amides is 1. The molecule has 1 heterocycles. The highest BCUT2D eigenvalue weighted by Crippen LogP contribution is 2.30. The maximum Gasteiger partial charge on any atom is 0.246 e. The van der Waals surface area contributed by atoms with E-state index in [9.17, 15) is 17.6 Å². The van der Waals surface area contributed by atoms with Gasteiger partial charge >= 0.3 is 0 Å². The zero-order valence-corrected chi connectivity index (χ0v) is 16.6. The Hall–Kier alpha value is -2.45. The van der Waals surface area contributed by atoms with E-state index in [0.717, 1.165) is 23.4 Å². The second-order valence-corrected chi connectivity index (χ2v) is 8.74. The lowest BCUT2D eigenvalue weighted by Gasteiger charge is -2.30. The molecule has 0 aromatic heterocycles. The first-order chi connectivity index (χ1) is 13.3. The zero-order valence-electron chi connectivity index (χ0n) is 15.8. The molecule has 6 nitrogen and oxygen atoms in total. The fraction of sp³-hybridized carbons (Fsp3) is 0.350. The summed E-state index contributed by atoms with van der Waals surface area (Å²) >= 11 is 0. The minimum Gasteiger partial charge on any atom is -0.495 e. The molecule has 150 valence electrons. The predicted octanol–water partition coefficient (Wildman–Crippen LogP) is 3.18. The number of ether oxygens (including phenoxy) is 1. The van der Waals surface area contributed by atoms with Crippen molar-refractivity contribution in [1.82, 2.24) is 4.31 Å². The third-order valence-corrected chi connectivity index (χ3v) is 6.77. The molecule has 2 aromatic carbocycles. The number of piperidine rings is 1. The monoisotopic (exact) mass is 406 g/mol. The number of aryl methyl sites for hydroxylation is 1. The van der Waals surface area contributed by atoms with Crippen molar-refractivity contribution in [1.29, 1.82) is 0 Å². The molecule has 0 radical (unpaired) electrons. The summed E-state index contributed by atoms with van der Waals surface area (Å²) in [6.07, 6.45) is 0.795. The molecule has 8 heteroatoms. The highest BCUT2D eigenvalue weighted by molar-refractivity contribution is 7.89. The fourth-order valence-electron chi connectivity index (χ4n) is 3.32. The van der Waals surface area contributed by atoms with Gasteiger partial charge in [0, 0.05) is 24.7 Å². The summed E-state index contributed by atoms with van der Waals surface area (Å²) in [5, 5.41) is 2.89. The van der Waals surface area contributed by atoms with Crippen LogP contribution in [0.15, 0.2) is 47.4 Å². The summed E-state index contributed by atoms with van der Waals surface area (Å²) in [7, 11) is -2.56. The Morgan fingerprint density at radius 1 is 1.18 bits per heavy atom. The smallest absolute Gasteiger partial charge is 0.246 e. The number of benzene rings is 2. The fourth-order valence-corrected chi connectivity index (χ4v) is 4.95. The lowest BCUT2D eigenvalue weighted by atomic mass is 9.97. The molecule has 0 saturated carbocycles. The van der Waals surface area contributed by atoms with Gasteiger partial charge in [-0.05, 0) is 55.7 Å². The number of hydrogen-bond donors (Lipinski definition) is 1. The molecular weight excluding hydrogens is 383 g/mol. The van der Waals surface area contributed by atoms with Gasteiger partial charge in [0.05, 0.1) is 7.11 Å². The molecule has 1 N–H and O–H groups in total. The van der Waals surface area contributed by atoms with Crippen LogP contribution in [0.25, 0.3) is 0 Å². The quantitative estimate of drug-likeness (QED) is 0.828. The Bertz CT molecular complexity index is 970. The molecule has 28 heavy (non-hydrogen) atoms. The van der Waals surface area contributed by atoms with E-state index in [1.165, 1.54) is 17.5 Å². The molecule has 3 rings (SSSR count). The molecule has 0 spiro atoms. The van der Waals surface area contributed by atoms with Crippen LogP contribution in [0.1, 0.15) is 18.4 Å². The van der Waals surface area contributed by atoms with Gasteiger partial charge in [-0.1, -0.05) is 12.1 Å². The molecule has 1 aliphatic heterocycles. The predicted molar refractivity (Wildman–Crippen MR) is 104 cm³/mol. The Morgan fingerprint density at radius 2 is 1.89 bits per heavy atom. The summed E-state index contributed by atoms with van der Waals surface area (Å²) in [6.45, 7) is 2.32. The van der Waals surface area contributed by atoms with Crippen LogP contribution in [0.5, 0.6) is 5.75 Å². The van der Waals surface area contributed by atoms with Gasteiger partial charge in [-0.15, -0.1) is 0 Å². The van der Waals surface area contributed by atoms with Gasteiger partial charge in [-0.3, -0.25) is 4.79 Å². The molecule has 1 amide bonds. The first-order valence-corrected chi connectivity index (χ1v) is 10.5. The number of nitrogens with one attached hydrogen (secondary N) is 1. The standard InChI is InChI=1S/C20H23FN2O4S/c1-14-4-3-5-17(12-14)22-20(24)15-8-10-23(11-9-15)28(25,26)19-13-16(21)6-7-18(19)27-2/h3-7,12-13,15H,8-11H2,1-2H3,(H,22,24). The molecule has 1 aliphatic rings. The summed E-state index contributed by atoms with van der Waals surface area (Å²) in [6, 6.07) is 10.9. The summed E-state index contributed by atoms with van der Waals surface area (Å²) in [5.74, 6) is -0.945. The van der Waals surface area contributed by atoms with E-state index < -0.39 is 15.8 Å². The van der Waals surface area contributed by atoms with Crippen molar-refractivity contribution in [3.05, 3.63) is 53.8 Å². The van der Waals surface area contributed by atoms with Gasteiger partial charge in [-0.2, -0.15) is 4.31 Å². The number of hydrogen-bond acceptors (Lipinski definition) is 4. The lowest BCUT2D eigenvalue weighted by Crippen LogP contribution is -2.41. The van der Waals surface area contributed by atoms with Gasteiger partial charge in [0.1, 0.15) is 16.5 Å². The molecule has 0 unspecified atom stereocenters. The molecule has 0 aliphatic carbocycles. The number of halogens is 1. The van der Waals surface area contributed by atoms with E-state index in [0.29, 0.717) is 12.8 Å². The first kappa shape index (κ1) is 20.3. The SMILES string of the molecule is COc1ccc(F)cc1S(=O)(=O)N1CCC(C(=O)Nc2cccc(C)c2)CC1. The van der Waals surface area contributed by atoms with Crippen LogP contribution in [0.4, 0.5) is 10.1 Å². The van der Waals surface area contributed by atoms with E-state index in [1.54, 1.807) is 0 Å². The maximum absolute atomic E-state index is 13.6. The second kappa shape index (κ2) is 8.28. The van der Waals surface area contributed by atoms with Crippen molar-refractivity contribution in [3.8, 4) is 5.75 Å². The van der Waals surface area contributed by atoms with Crippen molar-refractivity contribution in [2.45, 2.75) is 24.7 Å². The molecular formula is C20H23FN2O4S. The van der Waals surface area contributed by atoms with Crippen molar-refractivity contribution in [2.75, 3.05) is 25.5 Å². The van der Waals surface area contributed by atoms with Crippen molar-refractivity contribution >= 4 is 21.6 Å². The largest absolute Gasteiger partial charge is 0.495 e. The number of sulfonamides is 1. The Labute approximate surface area is 164 Å². The molecule has 0 bridgehead atoms. The summed E-state index contributed by atoms with van der Waals surface area (Å²) in [4.78, 5) is 12.3. The first-order valence-electron chi connectivity index (χ1n) is 9.02. The number of methoxy groups -OCH3 is 1. The van der Waals surface area contributed by atoms with E-state index in [1.807, 2.05) is 31.2 Å². The summed E-state index contributed by atoms with van der Waals surface area (Å²) in [5.41, 5.74) is 1.77. The number of rotatable bonds is 5. The Morgan fingerprint density at radius 3 is 2.54 bits per heavy atom. The number of carbonyl (C=O) groups is 1. The highest BCUT2D eigenvalue weighted by Gasteiger charge is 2.34. The van der Waals surface area contributed by atoms with Crippen LogP contribution in [0.3, 0.4) is 0 Å². The van der Waals surface area contributed by atoms with E-state index in [4.69, 9.17) is 4.74 Å². The minimum atomic E-state index is -3.90. The molecule has 1 saturated heterocycles. The lowest BCUT2D eigenvalue weighted by molar-refractivity contribution is -0.120. The Balaban J connectivity index is 1.68. The van der Waals surface area contributed by atoms with E-state index in [-0.39, 0.29) is 35.6 Å². The van der Waals surface area contributed by atoms with Crippen LogP contribution < -0.4 is 10.1 Å². The molecule has 2 aromatic rings. The number of anilines is 1. The topological polar surface area (TPSA) is 75.7 Å². The van der Waals surface area contributed by atoms with E-state index >= 15 is 0 Å². The second-order valence-electron chi connectivity index (χ2n) is 6.83. The van der Waals surface area contributed by atoms with E-state index in [2.05, 4.69) is 5.32 Å². The van der Waals surface area contributed by atoms with Crippen LogP contribution in [-0.4, -0.2) is 38.8 Å². The van der Waals surface area contributed by atoms with Gasteiger partial charge in [0.2, 0.25) is 15.9 Å². The van der Waals surface area contributed by atoms with Gasteiger partial charge in [-0.25, -0.2) is 12.8 Å². The maximum atomic E-state index is 13.6. The van der Waals surface area contributed by atoms with Gasteiger partial charge < -0.3 is 10.1 Å². The van der Waals surface area contributed by atoms with Crippen LogP contribution >= 0.6 is 0 Å². The van der Waals surface area contributed by atoms with Gasteiger partial charge in [0.25, 0.3) is 0 Å². The van der Waals surface area contributed by atoms with Crippen LogP contribution in [0, 0.1) is 18.7 Å². The summed E-state index contributed by atoms with van der Waals surface area (Å²) < 4.78 is 45.8. The number of carbonyl (C=O) groups excluding carboxylic acids is 1. The van der Waals surface area contributed by atoms with Gasteiger partial charge in [0.15, 0.2) is 0 Å². The van der Waals surface area contributed by atoms with Crippen molar-refractivity contribution in [2.24, 2.45) is 5.92 Å². The van der Waals surface area contributed by atoms with Crippen molar-refractivity contribution in [3.63, 3.8) is 0 Å². The normalized spacial score (nSPS) is 16.0. The highest BCUT2D eigenvalue weighted by atomic mass is 32.2. The molecule has 1 fully saturated rings. The Kier molecular flexibility index (Phi) is 6.00.